The Kier molecular flexibility index (Phi) is 2.76. The van der Waals surface area contributed by atoms with Gasteiger partial charge in [0.05, 0.1) is 6.20 Å². The molecule has 1 aromatic rings. The van der Waals surface area contributed by atoms with E-state index in [1.165, 1.54) is 16.6 Å². The fourth-order valence-corrected chi connectivity index (χ4v) is 2.88. The number of nitrogens with one attached hydrogen (secondary N) is 1. The van der Waals surface area contributed by atoms with Crippen molar-refractivity contribution >= 4 is 10.0 Å². The molecule has 2 rings (SSSR count). The molecular weight excluding hydrogens is 216 g/mol. The highest BCUT2D eigenvalue weighted by molar-refractivity contribution is 7.89. The standard InChI is InChI=1S/C8H14N4O2S/c1-11-4-6-12(7-5-11)15(13,14)8-2-3-9-10-8/h2-3H,4-7H2,1H3,(H,9,10). The number of rotatable bonds is 2. The van der Waals surface area contributed by atoms with Crippen molar-refractivity contribution in [2.45, 2.75) is 5.03 Å². The molecule has 7 heteroatoms. The van der Waals surface area contributed by atoms with Gasteiger partial charge in [-0.15, -0.1) is 0 Å². The van der Waals surface area contributed by atoms with Crippen molar-refractivity contribution in [1.82, 2.24) is 19.4 Å². The maximum absolute atomic E-state index is 12.0. The van der Waals surface area contributed by atoms with E-state index < -0.39 is 10.0 Å². The Bertz CT molecular complexity index is 406. The largest absolute Gasteiger partial charge is 0.304 e. The summed E-state index contributed by atoms with van der Waals surface area (Å²) in [5.74, 6) is 0. The molecule has 0 aromatic carbocycles. The van der Waals surface area contributed by atoms with Crippen molar-refractivity contribution in [2.75, 3.05) is 33.2 Å². The summed E-state index contributed by atoms with van der Waals surface area (Å²) in [5.41, 5.74) is 0. The molecule has 15 heavy (non-hydrogen) atoms. The SMILES string of the molecule is CN1CCN(S(=O)(=O)c2ccn[nH]2)CC1. The molecule has 0 radical (unpaired) electrons. The second-order valence-electron chi connectivity index (χ2n) is 3.63. The second kappa shape index (κ2) is 3.92. The van der Waals surface area contributed by atoms with Crippen LogP contribution in [0.2, 0.25) is 0 Å². The van der Waals surface area contributed by atoms with Gasteiger partial charge in [-0.1, -0.05) is 0 Å². The minimum atomic E-state index is -3.35. The van der Waals surface area contributed by atoms with Gasteiger partial charge >= 0.3 is 0 Å². The molecule has 1 aromatic heterocycles. The summed E-state index contributed by atoms with van der Waals surface area (Å²) in [6.07, 6.45) is 1.45. The zero-order valence-electron chi connectivity index (χ0n) is 8.55. The van der Waals surface area contributed by atoms with Crippen LogP contribution in [0.5, 0.6) is 0 Å². The van der Waals surface area contributed by atoms with Crippen LogP contribution in [-0.2, 0) is 10.0 Å². The first-order valence-electron chi connectivity index (χ1n) is 4.79. The number of aromatic nitrogens is 2. The molecule has 2 heterocycles. The van der Waals surface area contributed by atoms with Gasteiger partial charge in [0.15, 0.2) is 5.03 Å². The van der Waals surface area contributed by atoms with Crippen molar-refractivity contribution in [2.24, 2.45) is 0 Å². The Labute approximate surface area is 88.9 Å². The van der Waals surface area contributed by atoms with Crippen LogP contribution in [0.1, 0.15) is 0 Å². The molecule has 1 N–H and O–H groups in total. The summed E-state index contributed by atoms with van der Waals surface area (Å²) in [6, 6.07) is 1.48. The van der Waals surface area contributed by atoms with E-state index in [9.17, 15) is 8.42 Å². The van der Waals surface area contributed by atoms with Gasteiger partial charge < -0.3 is 4.90 Å². The van der Waals surface area contributed by atoms with Gasteiger partial charge in [-0.05, 0) is 13.1 Å². The van der Waals surface area contributed by atoms with Gasteiger partial charge in [0.25, 0.3) is 10.0 Å². The minimum Gasteiger partial charge on any atom is -0.304 e. The van der Waals surface area contributed by atoms with Gasteiger partial charge in [0.2, 0.25) is 0 Å². The van der Waals surface area contributed by atoms with Gasteiger partial charge in [-0.2, -0.15) is 9.40 Å². The van der Waals surface area contributed by atoms with Crippen LogP contribution < -0.4 is 0 Å². The molecule has 0 saturated carbocycles. The van der Waals surface area contributed by atoms with Gasteiger partial charge in [-0.3, -0.25) is 5.10 Å². The summed E-state index contributed by atoms with van der Waals surface area (Å²) < 4.78 is 25.5. The number of nitrogens with zero attached hydrogens (tertiary/aromatic N) is 3. The van der Waals surface area contributed by atoms with Crippen LogP contribution in [0.15, 0.2) is 17.3 Å². The Balaban J connectivity index is 2.17. The molecule has 0 spiro atoms. The number of H-pyrrole nitrogens is 1. The third-order valence-corrected chi connectivity index (χ3v) is 4.38. The second-order valence-corrected chi connectivity index (χ2v) is 5.53. The van der Waals surface area contributed by atoms with E-state index in [4.69, 9.17) is 0 Å². The van der Waals surface area contributed by atoms with Crippen LogP contribution in [0.3, 0.4) is 0 Å². The van der Waals surface area contributed by atoms with Crippen LogP contribution in [-0.4, -0.2) is 61.0 Å². The Morgan fingerprint density at radius 2 is 2.00 bits per heavy atom. The van der Waals surface area contributed by atoms with E-state index in [0.29, 0.717) is 13.1 Å². The fraction of sp³-hybridized carbons (Fsp3) is 0.625. The Morgan fingerprint density at radius 1 is 1.33 bits per heavy atom. The highest BCUT2D eigenvalue weighted by Gasteiger charge is 2.28. The van der Waals surface area contributed by atoms with Crippen molar-refractivity contribution in [3.05, 3.63) is 12.3 Å². The van der Waals surface area contributed by atoms with E-state index in [0.717, 1.165) is 13.1 Å². The smallest absolute Gasteiger partial charge is 0.260 e. The lowest BCUT2D eigenvalue weighted by atomic mass is 10.4. The number of hydrogen-bond acceptors (Lipinski definition) is 4. The van der Waals surface area contributed by atoms with Crippen LogP contribution in [0, 0.1) is 0 Å². The van der Waals surface area contributed by atoms with Crippen LogP contribution in [0.4, 0.5) is 0 Å². The predicted octanol–water partition coefficient (Wildman–Crippen LogP) is -0.654. The zero-order chi connectivity index (χ0) is 10.9. The van der Waals surface area contributed by atoms with E-state index in [1.807, 2.05) is 7.05 Å². The molecule has 84 valence electrons. The van der Waals surface area contributed by atoms with E-state index in [1.54, 1.807) is 0 Å². The highest BCUT2D eigenvalue weighted by Crippen LogP contribution is 2.13. The van der Waals surface area contributed by atoms with E-state index in [2.05, 4.69) is 15.1 Å². The van der Waals surface area contributed by atoms with E-state index >= 15 is 0 Å². The highest BCUT2D eigenvalue weighted by atomic mass is 32.2. The monoisotopic (exact) mass is 230 g/mol. The van der Waals surface area contributed by atoms with Crippen molar-refractivity contribution in [1.29, 1.82) is 0 Å². The topological polar surface area (TPSA) is 69.3 Å². The molecule has 0 bridgehead atoms. The normalized spacial score (nSPS) is 20.6. The molecule has 1 aliphatic rings. The molecule has 6 nitrogen and oxygen atoms in total. The molecule has 0 amide bonds. The molecule has 1 fully saturated rings. The van der Waals surface area contributed by atoms with Crippen LogP contribution >= 0.6 is 0 Å². The molecular formula is C8H14N4O2S. The maximum atomic E-state index is 12.0. The molecule has 1 saturated heterocycles. The van der Waals surface area contributed by atoms with Crippen molar-refractivity contribution in [3.8, 4) is 0 Å². The molecule has 0 unspecified atom stereocenters. The van der Waals surface area contributed by atoms with Crippen LogP contribution in [0.25, 0.3) is 0 Å². The Hall–Kier alpha value is -0.920. The molecule has 0 atom stereocenters. The maximum Gasteiger partial charge on any atom is 0.260 e. The lowest BCUT2D eigenvalue weighted by Gasteiger charge is -2.30. The Morgan fingerprint density at radius 3 is 2.53 bits per heavy atom. The summed E-state index contributed by atoms with van der Waals surface area (Å²) in [4.78, 5) is 2.11. The summed E-state index contributed by atoms with van der Waals surface area (Å²) in [6.45, 7) is 2.62. The number of hydrogen-bond donors (Lipinski definition) is 1. The molecule has 1 aliphatic heterocycles. The van der Waals surface area contributed by atoms with Gasteiger partial charge in [0, 0.05) is 26.2 Å². The number of likely N-dealkylation sites (N-methyl/N-ethyl adjacent to an activating group) is 1. The third-order valence-electron chi connectivity index (χ3n) is 2.56. The number of piperazine rings is 1. The predicted molar refractivity (Wildman–Crippen MR) is 54.8 cm³/mol. The van der Waals surface area contributed by atoms with Gasteiger partial charge in [0.1, 0.15) is 0 Å². The third kappa shape index (κ3) is 2.04. The minimum absolute atomic E-state index is 0.173. The summed E-state index contributed by atoms with van der Waals surface area (Å²) >= 11 is 0. The average molecular weight is 230 g/mol. The molecule has 0 aliphatic carbocycles. The zero-order valence-corrected chi connectivity index (χ0v) is 9.37. The summed E-state index contributed by atoms with van der Waals surface area (Å²) in [7, 11) is -1.37. The lowest BCUT2D eigenvalue weighted by Crippen LogP contribution is -2.47. The number of sulfonamides is 1. The van der Waals surface area contributed by atoms with E-state index in [-0.39, 0.29) is 5.03 Å². The first kappa shape index (κ1) is 10.6. The van der Waals surface area contributed by atoms with Gasteiger partial charge in [-0.25, -0.2) is 8.42 Å². The quantitative estimate of drug-likeness (QED) is 0.732. The first-order valence-corrected chi connectivity index (χ1v) is 6.23. The summed E-state index contributed by atoms with van der Waals surface area (Å²) in [5, 5.41) is 6.32. The fourth-order valence-electron chi connectivity index (χ4n) is 1.55. The average Bonchev–Trinajstić information content (AvgIpc) is 2.71. The van der Waals surface area contributed by atoms with Crippen molar-refractivity contribution < 1.29 is 8.42 Å². The first-order chi connectivity index (χ1) is 7.10. The number of aromatic amines is 1. The van der Waals surface area contributed by atoms with Crippen molar-refractivity contribution in [3.63, 3.8) is 0 Å². The lowest BCUT2D eigenvalue weighted by molar-refractivity contribution is 0.222.